The van der Waals surface area contributed by atoms with E-state index >= 15 is 0 Å². The number of unbranched alkanes of at least 4 members (excludes halogenated alkanes) is 17. The Morgan fingerprint density at radius 1 is 0.729 bits per heavy atom. The molecule has 0 amide bonds. The highest BCUT2D eigenvalue weighted by molar-refractivity contribution is 5.71. The standard InChI is InChI=1S/C40H72O8/c1-3-5-7-8-9-10-11-12-13-14-15-16-17-18-19-21-26-39(45)47-32-34(31-41)48-40(46)27-23-22-25-35-36(38(44)30-37(35)43)29-28-33(42)24-20-6-4-2/h22-23,28-29,33-38,41-44H,3-21,24-27,30-32H2,1-2H3/b23-22-,29-28+/t33-,34+,35+,36-,37+,38-/m1/s1. The average Bonchev–Trinajstić information content (AvgIpc) is 3.34. The number of aliphatic hydroxyl groups is 4. The number of allylic oxidation sites excluding steroid dienone is 1. The van der Waals surface area contributed by atoms with E-state index in [-0.39, 0.29) is 37.3 Å². The van der Waals surface area contributed by atoms with Gasteiger partial charge in [-0.05, 0) is 25.2 Å². The Balaban J connectivity index is 2.14. The smallest absolute Gasteiger partial charge is 0.310 e. The maximum atomic E-state index is 12.3. The first-order chi connectivity index (χ1) is 23.3. The second kappa shape index (κ2) is 30.1. The maximum Gasteiger partial charge on any atom is 0.310 e. The lowest BCUT2D eigenvalue weighted by Gasteiger charge is -2.19. The van der Waals surface area contributed by atoms with Crippen molar-refractivity contribution < 1.29 is 39.5 Å². The van der Waals surface area contributed by atoms with Crippen LogP contribution < -0.4 is 0 Å². The topological polar surface area (TPSA) is 134 Å². The van der Waals surface area contributed by atoms with Crippen LogP contribution in [0.15, 0.2) is 24.3 Å². The molecule has 8 nitrogen and oxygen atoms in total. The van der Waals surface area contributed by atoms with E-state index in [2.05, 4.69) is 13.8 Å². The van der Waals surface area contributed by atoms with E-state index in [4.69, 9.17) is 9.47 Å². The van der Waals surface area contributed by atoms with Crippen LogP contribution in [0.4, 0.5) is 0 Å². The molecule has 4 N–H and O–H groups in total. The molecule has 48 heavy (non-hydrogen) atoms. The van der Waals surface area contributed by atoms with Crippen molar-refractivity contribution in [3.05, 3.63) is 24.3 Å². The molecule has 1 saturated carbocycles. The van der Waals surface area contributed by atoms with Crippen LogP contribution in [0, 0.1) is 11.8 Å². The van der Waals surface area contributed by atoms with Crippen molar-refractivity contribution in [2.75, 3.05) is 13.2 Å². The largest absolute Gasteiger partial charge is 0.462 e. The van der Waals surface area contributed by atoms with E-state index < -0.39 is 37.0 Å². The van der Waals surface area contributed by atoms with Gasteiger partial charge in [0.05, 0.1) is 31.3 Å². The van der Waals surface area contributed by atoms with Crippen molar-refractivity contribution in [1.82, 2.24) is 0 Å². The Morgan fingerprint density at radius 2 is 1.27 bits per heavy atom. The lowest BCUT2D eigenvalue weighted by atomic mass is 9.89. The van der Waals surface area contributed by atoms with Gasteiger partial charge in [0, 0.05) is 18.8 Å². The highest BCUT2D eigenvalue weighted by atomic mass is 16.6. The number of hydrogen-bond acceptors (Lipinski definition) is 8. The van der Waals surface area contributed by atoms with Crippen LogP contribution in [0.1, 0.15) is 168 Å². The molecule has 0 heterocycles. The molecule has 0 aromatic carbocycles. The molecule has 8 heteroatoms. The normalized spacial score (nSPS) is 20.9. The molecule has 0 aliphatic heterocycles. The molecule has 1 aliphatic carbocycles. The van der Waals surface area contributed by atoms with Gasteiger partial charge in [0.15, 0.2) is 6.10 Å². The summed E-state index contributed by atoms with van der Waals surface area (Å²) in [4.78, 5) is 24.4. The zero-order valence-corrected chi connectivity index (χ0v) is 30.6. The molecule has 0 aromatic rings. The number of rotatable bonds is 31. The van der Waals surface area contributed by atoms with Gasteiger partial charge in [-0.3, -0.25) is 9.59 Å². The molecule has 6 atom stereocenters. The predicted molar refractivity (Wildman–Crippen MR) is 193 cm³/mol. The summed E-state index contributed by atoms with van der Waals surface area (Å²) in [5.74, 6) is -1.38. The van der Waals surface area contributed by atoms with Crippen molar-refractivity contribution in [3.63, 3.8) is 0 Å². The summed E-state index contributed by atoms with van der Waals surface area (Å²) in [6.45, 7) is 3.76. The maximum absolute atomic E-state index is 12.3. The second-order valence-corrected chi connectivity index (χ2v) is 14.0. The SMILES string of the molecule is CCCCCCCCCCCCCCCCCCC(=O)OC[C@H](CO)OC(=O)C/C=C\C[C@H]1[C@@H](/C=C/[C@H](O)CCCCC)[C@H](O)C[C@@H]1O. The van der Waals surface area contributed by atoms with Gasteiger partial charge in [-0.2, -0.15) is 0 Å². The Labute approximate surface area is 292 Å². The number of ether oxygens (including phenoxy) is 2. The first kappa shape index (κ1) is 44.3. The predicted octanol–water partition coefficient (Wildman–Crippen LogP) is 8.28. The summed E-state index contributed by atoms with van der Waals surface area (Å²) in [6.07, 6.45) is 29.3. The Hall–Kier alpha value is -1.74. The zero-order valence-electron chi connectivity index (χ0n) is 30.6. The van der Waals surface area contributed by atoms with E-state index in [0.717, 1.165) is 38.5 Å². The summed E-state index contributed by atoms with van der Waals surface area (Å²) in [7, 11) is 0. The van der Waals surface area contributed by atoms with Crippen LogP contribution in [-0.2, 0) is 19.1 Å². The van der Waals surface area contributed by atoms with Crippen LogP contribution in [0.3, 0.4) is 0 Å². The number of aliphatic hydroxyl groups excluding tert-OH is 4. The van der Waals surface area contributed by atoms with Crippen molar-refractivity contribution in [1.29, 1.82) is 0 Å². The van der Waals surface area contributed by atoms with Gasteiger partial charge in [0.25, 0.3) is 0 Å². The summed E-state index contributed by atoms with van der Waals surface area (Å²) in [5, 5.41) is 40.7. The molecule has 0 bridgehead atoms. The van der Waals surface area contributed by atoms with E-state index in [1.54, 1.807) is 18.2 Å². The monoisotopic (exact) mass is 681 g/mol. The number of esters is 2. The van der Waals surface area contributed by atoms with Gasteiger partial charge in [0.1, 0.15) is 6.61 Å². The minimum absolute atomic E-state index is 0.0222. The molecule has 0 aromatic heterocycles. The van der Waals surface area contributed by atoms with Crippen molar-refractivity contribution in [3.8, 4) is 0 Å². The Bertz CT molecular complexity index is 843. The third kappa shape index (κ3) is 22.8. The van der Waals surface area contributed by atoms with Gasteiger partial charge in [-0.1, -0.05) is 154 Å². The van der Waals surface area contributed by atoms with Gasteiger partial charge >= 0.3 is 11.9 Å². The minimum Gasteiger partial charge on any atom is -0.462 e. The Morgan fingerprint density at radius 3 is 1.83 bits per heavy atom. The van der Waals surface area contributed by atoms with Crippen molar-refractivity contribution in [2.24, 2.45) is 11.8 Å². The van der Waals surface area contributed by atoms with Crippen LogP contribution >= 0.6 is 0 Å². The molecule has 280 valence electrons. The highest BCUT2D eigenvalue weighted by Gasteiger charge is 2.39. The molecule has 1 rings (SSSR count). The molecule has 0 radical (unpaired) electrons. The van der Waals surface area contributed by atoms with E-state index in [0.29, 0.717) is 19.3 Å². The molecule has 1 fully saturated rings. The third-order valence-corrected chi connectivity index (χ3v) is 9.60. The van der Waals surface area contributed by atoms with E-state index in [1.165, 1.54) is 83.5 Å². The van der Waals surface area contributed by atoms with E-state index in [1.807, 2.05) is 6.08 Å². The third-order valence-electron chi connectivity index (χ3n) is 9.60. The molecule has 0 unspecified atom stereocenters. The van der Waals surface area contributed by atoms with Crippen molar-refractivity contribution >= 4 is 11.9 Å². The fourth-order valence-electron chi connectivity index (χ4n) is 6.53. The lowest BCUT2D eigenvalue weighted by molar-refractivity contribution is -0.160. The summed E-state index contributed by atoms with van der Waals surface area (Å²) >= 11 is 0. The van der Waals surface area contributed by atoms with Gasteiger partial charge in [-0.15, -0.1) is 0 Å². The van der Waals surface area contributed by atoms with Crippen LogP contribution in [0.5, 0.6) is 0 Å². The lowest BCUT2D eigenvalue weighted by Crippen LogP contribution is -2.28. The first-order valence-corrected chi connectivity index (χ1v) is 19.7. The molecule has 0 saturated heterocycles. The number of hydrogen-bond donors (Lipinski definition) is 4. The van der Waals surface area contributed by atoms with Gasteiger partial charge in [-0.25, -0.2) is 0 Å². The molecule has 1 aliphatic rings. The summed E-state index contributed by atoms with van der Waals surface area (Å²) < 4.78 is 10.5. The highest BCUT2D eigenvalue weighted by Crippen LogP contribution is 2.36. The van der Waals surface area contributed by atoms with Crippen molar-refractivity contribution in [2.45, 2.75) is 192 Å². The quantitative estimate of drug-likeness (QED) is 0.0327. The Kier molecular flexibility index (Phi) is 27.8. The van der Waals surface area contributed by atoms with Crippen LogP contribution in [-0.4, -0.2) is 70.0 Å². The molecule has 0 spiro atoms. The number of carbonyl (C=O) groups is 2. The number of carbonyl (C=O) groups excluding carboxylic acids is 2. The first-order valence-electron chi connectivity index (χ1n) is 19.7. The summed E-state index contributed by atoms with van der Waals surface area (Å²) in [5.41, 5.74) is 0. The van der Waals surface area contributed by atoms with Gasteiger partial charge in [0.2, 0.25) is 0 Å². The van der Waals surface area contributed by atoms with Crippen LogP contribution in [0.2, 0.25) is 0 Å². The second-order valence-electron chi connectivity index (χ2n) is 14.0. The molecular weight excluding hydrogens is 608 g/mol. The minimum atomic E-state index is -0.911. The van der Waals surface area contributed by atoms with Crippen LogP contribution in [0.25, 0.3) is 0 Å². The van der Waals surface area contributed by atoms with Gasteiger partial charge < -0.3 is 29.9 Å². The summed E-state index contributed by atoms with van der Waals surface area (Å²) in [6, 6.07) is 0. The zero-order chi connectivity index (χ0) is 35.2. The van der Waals surface area contributed by atoms with E-state index in [9.17, 15) is 30.0 Å². The average molecular weight is 681 g/mol. The fraction of sp³-hybridized carbons (Fsp3) is 0.850. The molecular formula is C40H72O8. The fourth-order valence-corrected chi connectivity index (χ4v) is 6.53.